The highest BCUT2D eigenvalue weighted by atomic mass is 79.9. The molecule has 3 amide bonds. The summed E-state index contributed by atoms with van der Waals surface area (Å²) in [6.45, 7) is 2.69. The van der Waals surface area contributed by atoms with Gasteiger partial charge in [-0.1, -0.05) is 29.3 Å². The number of halogens is 1. The molecule has 0 atom stereocenters. The Morgan fingerprint density at radius 2 is 1.50 bits per heavy atom. The van der Waals surface area contributed by atoms with Gasteiger partial charge in [-0.05, 0) is 79.2 Å². The molecule has 38 heavy (non-hydrogen) atoms. The van der Waals surface area contributed by atoms with E-state index in [-0.39, 0.29) is 5.69 Å². The Bertz CT molecular complexity index is 1450. The van der Waals surface area contributed by atoms with E-state index in [1.54, 1.807) is 73.8 Å². The fourth-order valence-electron chi connectivity index (χ4n) is 3.65. The van der Waals surface area contributed by atoms with Crippen LogP contribution in [0.3, 0.4) is 0 Å². The highest BCUT2D eigenvalue weighted by Gasteiger charge is 2.21. The molecule has 10 heteroatoms. The summed E-state index contributed by atoms with van der Waals surface area (Å²) in [7, 11) is 1.56. The first-order valence-corrected chi connectivity index (χ1v) is 12.8. The minimum atomic E-state index is -0.938. The molecule has 3 N–H and O–H groups in total. The van der Waals surface area contributed by atoms with Gasteiger partial charge in [0.2, 0.25) is 0 Å². The SMILES string of the molecule is CCCCOc1ccc(NC(=O)C(=O)Nn2c(C(=O)Nc3ccc(OC)cc3)cc3cc(Br)ccc32)cc1. The molecule has 1 heterocycles. The van der Waals surface area contributed by atoms with Gasteiger partial charge >= 0.3 is 11.8 Å². The first kappa shape index (κ1) is 26.7. The Balaban J connectivity index is 1.51. The van der Waals surface area contributed by atoms with Crippen LogP contribution < -0.4 is 25.5 Å². The van der Waals surface area contributed by atoms with Crippen molar-refractivity contribution in [1.29, 1.82) is 0 Å². The zero-order valence-electron chi connectivity index (χ0n) is 20.9. The number of amides is 3. The van der Waals surface area contributed by atoms with Crippen LogP contribution in [0.15, 0.2) is 77.3 Å². The van der Waals surface area contributed by atoms with E-state index < -0.39 is 17.7 Å². The number of unbranched alkanes of at least 4 members (excludes halogenated alkanes) is 1. The number of anilines is 2. The van der Waals surface area contributed by atoms with Crippen molar-refractivity contribution < 1.29 is 23.9 Å². The summed E-state index contributed by atoms with van der Waals surface area (Å²) in [6, 6.07) is 20.6. The van der Waals surface area contributed by atoms with E-state index in [1.807, 2.05) is 6.07 Å². The summed E-state index contributed by atoms with van der Waals surface area (Å²) in [5, 5.41) is 6.06. The van der Waals surface area contributed by atoms with Crippen molar-refractivity contribution in [2.45, 2.75) is 19.8 Å². The predicted octanol–water partition coefficient (Wildman–Crippen LogP) is 5.55. The lowest BCUT2D eigenvalue weighted by molar-refractivity contribution is -0.133. The highest BCUT2D eigenvalue weighted by molar-refractivity contribution is 9.10. The number of aromatic nitrogens is 1. The van der Waals surface area contributed by atoms with Crippen molar-refractivity contribution in [3.63, 3.8) is 0 Å². The largest absolute Gasteiger partial charge is 0.497 e. The maximum absolute atomic E-state index is 13.2. The molecule has 0 saturated carbocycles. The second-order valence-electron chi connectivity index (χ2n) is 8.37. The van der Waals surface area contributed by atoms with Crippen molar-refractivity contribution in [2.75, 3.05) is 29.8 Å². The summed E-state index contributed by atoms with van der Waals surface area (Å²) in [5.74, 6) is -0.962. The molecule has 0 bridgehead atoms. The standard InChI is InChI=1S/C28H27BrN4O5/c1-3-4-15-38-23-12-8-21(9-13-23)31-27(35)28(36)32-33-24-14-5-19(29)16-18(24)17-25(33)26(34)30-20-6-10-22(37-2)11-7-20/h5-14,16-17H,3-4,15H2,1-2H3,(H,30,34)(H,31,35)(H,32,36). The molecule has 0 radical (unpaired) electrons. The quantitative estimate of drug-likeness (QED) is 0.178. The normalized spacial score (nSPS) is 10.6. The molecule has 0 aliphatic rings. The third-order valence-corrected chi connectivity index (χ3v) is 6.14. The number of fused-ring (bicyclic) bond motifs is 1. The van der Waals surface area contributed by atoms with Gasteiger partial charge in [-0.3, -0.25) is 19.8 Å². The topological polar surface area (TPSA) is 111 Å². The second kappa shape index (κ2) is 12.3. The van der Waals surface area contributed by atoms with Gasteiger partial charge in [-0.15, -0.1) is 0 Å². The third-order valence-electron chi connectivity index (χ3n) is 5.64. The first-order chi connectivity index (χ1) is 18.4. The van der Waals surface area contributed by atoms with Crippen LogP contribution in [0.25, 0.3) is 10.9 Å². The van der Waals surface area contributed by atoms with E-state index in [0.29, 0.717) is 40.4 Å². The monoisotopic (exact) mass is 578 g/mol. The summed E-state index contributed by atoms with van der Waals surface area (Å²) in [5.41, 5.74) is 4.21. The third kappa shape index (κ3) is 6.51. The molecule has 9 nitrogen and oxygen atoms in total. The van der Waals surface area contributed by atoms with Crippen LogP contribution in [0, 0.1) is 0 Å². The van der Waals surface area contributed by atoms with Gasteiger partial charge in [0.25, 0.3) is 5.91 Å². The Labute approximate surface area is 228 Å². The number of hydrogen-bond acceptors (Lipinski definition) is 5. The van der Waals surface area contributed by atoms with Crippen molar-refractivity contribution >= 4 is 55.9 Å². The molecule has 0 saturated heterocycles. The molecular formula is C28H27BrN4O5. The minimum absolute atomic E-state index is 0.142. The van der Waals surface area contributed by atoms with Crippen LogP contribution in [0.1, 0.15) is 30.3 Å². The summed E-state index contributed by atoms with van der Waals surface area (Å²) >= 11 is 3.42. The molecule has 1 aromatic heterocycles. The van der Waals surface area contributed by atoms with E-state index in [4.69, 9.17) is 9.47 Å². The smallest absolute Gasteiger partial charge is 0.328 e. The zero-order chi connectivity index (χ0) is 27.1. The molecule has 3 aromatic carbocycles. The average Bonchev–Trinajstić information content (AvgIpc) is 3.27. The van der Waals surface area contributed by atoms with Gasteiger partial charge in [0, 0.05) is 21.2 Å². The highest BCUT2D eigenvalue weighted by Crippen LogP contribution is 2.24. The Hall–Kier alpha value is -4.31. The number of carbonyl (C=O) groups is 3. The first-order valence-electron chi connectivity index (χ1n) is 12.0. The van der Waals surface area contributed by atoms with Crippen molar-refractivity contribution in [3.05, 3.63) is 83.0 Å². The minimum Gasteiger partial charge on any atom is -0.497 e. The molecule has 196 valence electrons. The maximum atomic E-state index is 13.2. The van der Waals surface area contributed by atoms with Crippen LogP contribution in [0.2, 0.25) is 0 Å². The average molecular weight is 579 g/mol. The van der Waals surface area contributed by atoms with Gasteiger partial charge in [-0.2, -0.15) is 0 Å². The van der Waals surface area contributed by atoms with Gasteiger partial charge < -0.3 is 20.1 Å². The van der Waals surface area contributed by atoms with Crippen LogP contribution in [0.5, 0.6) is 11.5 Å². The van der Waals surface area contributed by atoms with E-state index in [2.05, 4.69) is 38.9 Å². The summed E-state index contributed by atoms with van der Waals surface area (Å²) in [4.78, 5) is 38.7. The van der Waals surface area contributed by atoms with E-state index in [9.17, 15) is 14.4 Å². The maximum Gasteiger partial charge on any atom is 0.328 e. The van der Waals surface area contributed by atoms with Crippen LogP contribution in [-0.2, 0) is 9.59 Å². The predicted molar refractivity (Wildman–Crippen MR) is 150 cm³/mol. The van der Waals surface area contributed by atoms with Crippen LogP contribution in [0.4, 0.5) is 11.4 Å². The molecule has 4 aromatic rings. The molecule has 0 aliphatic heterocycles. The number of nitrogens with one attached hydrogen (secondary N) is 3. The lowest BCUT2D eigenvalue weighted by atomic mass is 10.2. The molecule has 0 fully saturated rings. The Kier molecular flexibility index (Phi) is 8.65. The molecular weight excluding hydrogens is 552 g/mol. The molecule has 0 unspecified atom stereocenters. The van der Waals surface area contributed by atoms with Crippen molar-refractivity contribution in [3.8, 4) is 11.5 Å². The lowest BCUT2D eigenvalue weighted by Crippen LogP contribution is -2.36. The number of hydrogen-bond donors (Lipinski definition) is 3. The lowest BCUT2D eigenvalue weighted by Gasteiger charge is -2.13. The number of ether oxygens (including phenoxy) is 2. The van der Waals surface area contributed by atoms with Crippen molar-refractivity contribution in [1.82, 2.24) is 4.68 Å². The summed E-state index contributed by atoms with van der Waals surface area (Å²) < 4.78 is 12.9. The number of carbonyl (C=O) groups excluding carboxylic acids is 3. The van der Waals surface area contributed by atoms with Crippen LogP contribution in [-0.4, -0.2) is 36.1 Å². The summed E-state index contributed by atoms with van der Waals surface area (Å²) in [6.07, 6.45) is 1.98. The van der Waals surface area contributed by atoms with Gasteiger partial charge in [0.1, 0.15) is 17.2 Å². The van der Waals surface area contributed by atoms with Gasteiger partial charge in [-0.25, -0.2) is 4.68 Å². The van der Waals surface area contributed by atoms with E-state index >= 15 is 0 Å². The van der Waals surface area contributed by atoms with Crippen molar-refractivity contribution in [2.24, 2.45) is 0 Å². The number of rotatable bonds is 9. The fraction of sp³-hybridized carbons (Fsp3) is 0.179. The Morgan fingerprint density at radius 3 is 2.16 bits per heavy atom. The van der Waals surface area contributed by atoms with Gasteiger partial charge in [0.15, 0.2) is 0 Å². The van der Waals surface area contributed by atoms with Crippen LogP contribution >= 0.6 is 15.9 Å². The van der Waals surface area contributed by atoms with E-state index in [1.165, 1.54) is 4.68 Å². The Morgan fingerprint density at radius 1 is 0.842 bits per heavy atom. The van der Waals surface area contributed by atoms with E-state index in [0.717, 1.165) is 17.3 Å². The molecule has 4 rings (SSSR count). The number of benzene rings is 3. The zero-order valence-corrected chi connectivity index (χ0v) is 22.5. The fourth-order valence-corrected chi connectivity index (χ4v) is 4.03. The second-order valence-corrected chi connectivity index (χ2v) is 9.29. The number of methoxy groups -OCH3 is 1. The van der Waals surface area contributed by atoms with Gasteiger partial charge in [0.05, 0.1) is 19.2 Å². The molecule has 0 aliphatic carbocycles. The molecule has 0 spiro atoms. The number of nitrogens with zero attached hydrogens (tertiary/aromatic N) is 1.